The van der Waals surface area contributed by atoms with Crippen molar-refractivity contribution in [1.29, 1.82) is 0 Å². The molecule has 2 aromatic heterocycles. The van der Waals surface area contributed by atoms with Crippen LogP contribution >= 0.6 is 0 Å². The molecular formula is C7H7N5O. The largest absolute Gasteiger partial charge is 0.445 e. The summed E-state index contributed by atoms with van der Waals surface area (Å²) in [7, 11) is 0. The lowest BCUT2D eigenvalue weighted by Crippen LogP contribution is -1.97. The van der Waals surface area contributed by atoms with Crippen molar-refractivity contribution < 1.29 is 4.74 Å². The fourth-order valence-electron chi connectivity index (χ4n) is 0.987. The van der Waals surface area contributed by atoms with Gasteiger partial charge >= 0.3 is 0 Å². The Bertz CT molecular complexity index is 449. The van der Waals surface area contributed by atoms with Crippen LogP contribution in [0.15, 0.2) is 19.2 Å². The standard InChI is InChI=1S/C7H7N5O/c1-2-13-6-4-5(10-3-9-4)11-7(8)12-6/h2-3H,1H2,(H3,8,9,10,11,12). The number of rotatable bonds is 2. The number of nitrogens with one attached hydrogen (secondary N) is 1. The lowest BCUT2D eigenvalue weighted by Gasteiger charge is -1.99. The van der Waals surface area contributed by atoms with Crippen molar-refractivity contribution in [1.82, 2.24) is 19.9 Å². The minimum atomic E-state index is 0.122. The zero-order valence-corrected chi connectivity index (χ0v) is 6.69. The molecule has 0 aliphatic heterocycles. The highest BCUT2D eigenvalue weighted by Gasteiger charge is 2.07. The van der Waals surface area contributed by atoms with Crippen LogP contribution in [-0.2, 0) is 0 Å². The van der Waals surface area contributed by atoms with Crippen LogP contribution in [0.2, 0.25) is 0 Å². The second kappa shape index (κ2) is 2.74. The van der Waals surface area contributed by atoms with E-state index in [2.05, 4.69) is 26.5 Å². The van der Waals surface area contributed by atoms with Gasteiger partial charge in [-0.05, 0) is 0 Å². The SMILES string of the molecule is C=COc1nc(N)nc2nc[nH]c12. The number of nitrogens with zero attached hydrogens (tertiary/aromatic N) is 3. The van der Waals surface area contributed by atoms with E-state index in [4.69, 9.17) is 10.5 Å². The zero-order chi connectivity index (χ0) is 9.26. The second-order valence-electron chi connectivity index (χ2n) is 2.27. The Kier molecular flexibility index (Phi) is 1.59. The number of imidazole rings is 1. The summed E-state index contributed by atoms with van der Waals surface area (Å²) in [6.07, 6.45) is 2.76. The van der Waals surface area contributed by atoms with Crippen LogP contribution in [0.5, 0.6) is 5.88 Å². The summed E-state index contributed by atoms with van der Waals surface area (Å²) in [5.41, 5.74) is 6.51. The number of nitrogen functional groups attached to an aromatic ring is 1. The first-order valence-corrected chi connectivity index (χ1v) is 3.55. The van der Waals surface area contributed by atoms with Gasteiger partial charge in [-0.25, -0.2) is 4.98 Å². The normalized spacial score (nSPS) is 10.2. The summed E-state index contributed by atoms with van der Waals surface area (Å²) in [6, 6.07) is 0. The average molecular weight is 177 g/mol. The maximum Gasteiger partial charge on any atom is 0.249 e. The summed E-state index contributed by atoms with van der Waals surface area (Å²) in [4.78, 5) is 14.5. The Morgan fingerprint density at radius 1 is 1.54 bits per heavy atom. The number of H-pyrrole nitrogens is 1. The summed E-state index contributed by atoms with van der Waals surface area (Å²) < 4.78 is 5.02. The molecule has 13 heavy (non-hydrogen) atoms. The van der Waals surface area contributed by atoms with E-state index in [9.17, 15) is 0 Å². The van der Waals surface area contributed by atoms with E-state index >= 15 is 0 Å². The van der Waals surface area contributed by atoms with Gasteiger partial charge in [0.05, 0.1) is 12.6 Å². The van der Waals surface area contributed by atoms with Crippen LogP contribution < -0.4 is 10.5 Å². The third-order valence-corrected chi connectivity index (χ3v) is 1.46. The molecule has 0 radical (unpaired) electrons. The molecule has 0 saturated heterocycles. The average Bonchev–Trinajstić information content (AvgIpc) is 2.52. The van der Waals surface area contributed by atoms with E-state index in [1.54, 1.807) is 0 Å². The third kappa shape index (κ3) is 1.18. The zero-order valence-electron chi connectivity index (χ0n) is 6.69. The monoisotopic (exact) mass is 177 g/mol. The molecule has 6 heteroatoms. The molecule has 2 heterocycles. The first-order valence-electron chi connectivity index (χ1n) is 3.55. The van der Waals surface area contributed by atoms with Crippen molar-refractivity contribution in [2.45, 2.75) is 0 Å². The van der Waals surface area contributed by atoms with Gasteiger partial charge in [0.15, 0.2) is 5.65 Å². The van der Waals surface area contributed by atoms with Crippen molar-refractivity contribution in [3.05, 3.63) is 19.2 Å². The van der Waals surface area contributed by atoms with Crippen LogP contribution in [-0.4, -0.2) is 19.9 Å². The fraction of sp³-hybridized carbons (Fsp3) is 0. The van der Waals surface area contributed by atoms with Gasteiger partial charge in [-0.1, -0.05) is 6.58 Å². The Balaban J connectivity index is 2.69. The van der Waals surface area contributed by atoms with E-state index < -0.39 is 0 Å². The van der Waals surface area contributed by atoms with Crippen LogP contribution in [0.25, 0.3) is 11.2 Å². The lowest BCUT2D eigenvalue weighted by molar-refractivity contribution is 0.468. The summed E-state index contributed by atoms with van der Waals surface area (Å²) >= 11 is 0. The first-order chi connectivity index (χ1) is 6.31. The molecule has 0 spiro atoms. The maximum atomic E-state index is 5.42. The molecule has 2 aromatic rings. The van der Waals surface area contributed by atoms with Crippen LogP contribution in [0.1, 0.15) is 0 Å². The highest BCUT2D eigenvalue weighted by Crippen LogP contribution is 2.19. The van der Waals surface area contributed by atoms with Crippen molar-refractivity contribution in [2.75, 3.05) is 5.73 Å². The van der Waals surface area contributed by atoms with E-state index in [1.165, 1.54) is 12.6 Å². The molecule has 0 bridgehead atoms. The number of hydrogen-bond donors (Lipinski definition) is 2. The molecule has 2 rings (SSSR count). The summed E-state index contributed by atoms with van der Waals surface area (Å²) in [5.74, 6) is 0.450. The molecule has 0 fully saturated rings. The van der Waals surface area contributed by atoms with Gasteiger partial charge < -0.3 is 15.5 Å². The molecule has 0 saturated carbocycles. The van der Waals surface area contributed by atoms with Gasteiger partial charge in [-0.3, -0.25) is 0 Å². The van der Waals surface area contributed by atoms with Crippen LogP contribution in [0.3, 0.4) is 0 Å². The summed E-state index contributed by atoms with van der Waals surface area (Å²) in [5, 5.41) is 0. The van der Waals surface area contributed by atoms with Gasteiger partial charge in [0.2, 0.25) is 11.8 Å². The molecule has 3 N–H and O–H groups in total. The minimum Gasteiger partial charge on any atom is -0.445 e. The van der Waals surface area contributed by atoms with Crippen molar-refractivity contribution in [2.24, 2.45) is 0 Å². The first kappa shape index (κ1) is 7.53. The van der Waals surface area contributed by atoms with Crippen molar-refractivity contribution in [3.8, 4) is 5.88 Å². The van der Waals surface area contributed by atoms with Crippen molar-refractivity contribution >= 4 is 17.1 Å². The van der Waals surface area contributed by atoms with Crippen LogP contribution in [0, 0.1) is 0 Å². The van der Waals surface area contributed by atoms with E-state index in [0.29, 0.717) is 17.0 Å². The number of aromatic nitrogens is 4. The molecule has 0 aliphatic rings. The van der Waals surface area contributed by atoms with E-state index in [0.717, 1.165) is 0 Å². The summed E-state index contributed by atoms with van der Waals surface area (Å²) in [6.45, 7) is 3.42. The van der Waals surface area contributed by atoms with E-state index in [-0.39, 0.29) is 5.95 Å². The molecule has 0 aromatic carbocycles. The van der Waals surface area contributed by atoms with Gasteiger partial charge in [0.1, 0.15) is 5.52 Å². The minimum absolute atomic E-state index is 0.122. The molecule has 0 atom stereocenters. The van der Waals surface area contributed by atoms with Gasteiger partial charge in [0, 0.05) is 0 Å². The Hall–Kier alpha value is -2.11. The third-order valence-electron chi connectivity index (χ3n) is 1.46. The number of hydrogen-bond acceptors (Lipinski definition) is 5. The number of fused-ring (bicyclic) bond motifs is 1. The molecule has 6 nitrogen and oxygen atoms in total. The van der Waals surface area contributed by atoms with E-state index in [1.807, 2.05) is 0 Å². The molecule has 66 valence electrons. The molecule has 0 unspecified atom stereocenters. The highest BCUT2D eigenvalue weighted by atomic mass is 16.5. The Morgan fingerprint density at radius 3 is 3.15 bits per heavy atom. The maximum absolute atomic E-state index is 5.42. The smallest absolute Gasteiger partial charge is 0.249 e. The second-order valence-corrected chi connectivity index (χ2v) is 2.27. The number of ether oxygens (including phenoxy) is 1. The van der Waals surface area contributed by atoms with Gasteiger partial charge in [-0.15, -0.1) is 0 Å². The quantitative estimate of drug-likeness (QED) is 0.650. The Labute approximate surface area is 73.5 Å². The molecule has 0 aliphatic carbocycles. The Morgan fingerprint density at radius 2 is 2.38 bits per heavy atom. The molecular weight excluding hydrogens is 170 g/mol. The topological polar surface area (TPSA) is 89.7 Å². The predicted molar refractivity (Wildman–Crippen MR) is 46.9 cm³/mol. The number of anilines is 1. The number of aromatic amines is 1. The lowest BCUT2D eigenvalue weighted by atomic mass is 10.5. The van der Waals surface area contributed by atoms with Gasteiger partial charge in [0.25, 0.3) is 0 Å². The van der Waals surface area contributed by atoms with Crippen molar-refractivity contribution in [3.63, 3.8) is 0 Å². The highest BCUT2D eigenvalue weighted by molar-refractivity contribution is 5.76. The number of nitrogens with two attached hydrogens (primary N) is 1. The van der Waals surface area contributed by atoms with Crippen LogP contribution in [0.4, 0.5) is 5.95 Å². The van der Waals surface area contributed by atoms with Gasteiger partial charge in [-0.2, -0.15) is 9.97 Å². The predicted octanol–water partition coefficient (Wildman–Crippen LogP) is 0.457. The fourth-order valence-corrected chi connectivity index (χ4v) is 0.987. The molecule has 0 amide bonds.